The van der Waals surface area contributed by atoms with Crippen LogP contribution in [0.1, 0.15) is 24.7 Å². The summed E-state index contributed by atoms with van der Waals surface area (Å²) >= 11 is 3.40. The zero-order valence-corrected chi connectivity index (χ0v) is 12.0. The van der Waals surface area contributed by atoms with Gasteiger partial charge in [-0.05, 0) is 37.1 Å². The number of halogens is 2. The fourth-order valence-corrected chi connectivity index (χ4v) is 2.39. The van der Waals surface area contributed by atoms with Crippen LogP contribution in [-0.2, 0) is 11.9 Å². The quantitative estimate of drug-likeness (QED) is 0.806. The van der Waals surface area contributed by atoms with Gasteiger partial charge in [0.15, 0.2) is 5.82 Å². The highest BCUT2D eigenvalue weighted by molar-refractivity contribution is 9.08. The van der Waals surface area contributed by atoms with E-state index in [-0.39, 0.29) is 5.82 Å². The second-order valence-corrected chi connectivity index (χ2v) is 4.80. The van der Waals surface area contributed by atoms with Crippen molar-refractivity contribution in [2.45, 2.75) is 32.1 Å². The highest BCUT2D eigenvalue weighted by Crippen LogP contribution is 2.22. The molecule has 0 aliphatic rings. The molecule has 5 heteroatoms. The fourth-order valence-electron chi connectivity index (χ4n) is 1.97. The molecule has 0 fully saturated rings. The smallest absolute Gasteiger partial charge is 0.164 e. The lowest BCUT2D eigenvalue weighted by Gasteiger charge is -2.08. The van der Waals surface area contributed by atoms with Gasteiger partial charge in [-0.2, -0.15) is 0 Å². The standard InChI is InChI=1S/C13H15BrFN3/c1-3-4-18-12(8-14)16-17-13(18)10-5-9(2)6-11(15)7-10/h5-7H,3-4,8H2,1-2H3. The molecule has 1 aromatic heterocycles. The van der Waals surface area contributed by atoms with Crippen LogP contribution in [0.4, 0.5) is 4.39 Å². The Balaban J connectivity index is 2.52. The number of benzene rings is 1. The summed E-state index contributed by atoms with van der Waals surface area (Å²) in [6.07, 6.45) is 0.985. The molecule has 0 unspecified atom stereocenters. The molecule has 0 aliphatic carbocycles. The van der Waals surface area contributed by atoms with Crippen molar-refractivity contribution in [1.29, 1.82) is 0 Å². The van der Waals surface area contributed by atoms with Gasteiger partial charge in [0.25, 0.3) is 0 Å². The van der Waals surface area contributed by atoms with Gasteiger partial charge in [-0.25, -0.2) is 4.39 Å². The third-order valence-corrected chi connectivity index (χ3v) is 3.20. The predicted molar refractivity (Wildman–Crippen MR) is 73.1 cm³/mol. The summed E-state index contributed by atoms with van der Waals surface area (Å²) in [6, 6.07) is 4.94. The number of hydrogen-bond acceptors (Lipinski definition) is 2. The summed E-state index contributed by atoms with van der Waals surface area (Å²) in [5, 5.41) is 8.95. The first-order chi connectivity index (χ1) is 8.65. The average molecular weight is 312 g/mol. The van der Waals surface area contributed by atoms with Crippen LogP contribution >= 0.6 is 15.9 Å². The van der Waals surface area contributed by atoms with Crippen LogP contribution in [0.25, 0.3) is 11.4 Å². The van der Waals surface area contributed by atoms with Crippen molar-refractivity contribution in [3.05, 3.63) is 35.4 Å². The highest BCUT2D eigenvalue weighted by Gasteiger charge is 2.13. The van der Waals surface area contributed by atoms with Gasteiger partial charge in [-0.3, -0.25) is 0 Å². The van der Waals surface area contributed by atoms with E-state index in [9.17, 15) is 4.39 Å². The number of alkyl halides is 1. The van der Waals surface area contributed by atoms with Gasteiger partial charge < -0.3 is 4.57 Å². The summed E-state index contributed by atoms with van der Waals surface area (Å²) in [6.45, 7) is 4.80. The molecule has 0 radical (unpaired) electrons. The Morgan fingerprint density at radius 3 is 2.67 bits per heavy atom. The Bertz CT molecular complexity index is 531. The summed E-state index contributed by atoms with van der Waals surface area (Å²) in [5.74, 6) is 1.36. The number of nitrogens with zero attached hydrogens (tertiary/aromatic N) is 3. The van der Waals surface area contributed by atoms with Crippen molar-refractivity contribution in [1.82, 2.24) is 14.8 Å². The summed E-state index contributed by atoms with van der Waals surface area (Å²) in [7, 11) is 0. The lowest BCUT2D eigenvalue weighted by atomic mass is 10.1. The molecule has 0 bridgehead atoms. The minimum Gasteiger partial charge on any atom is -0.310 e. The van der Waals surface area contributed by atoms with Gasteiger partial charge in [0.2, 0.25) is 0 Å². The van der Waals surface area contributed by atoms with Gasteiger partial charge in [-0.15, -0.1) is 10.2 Å². The van der Waals surface area contributed by atoms with Crippen LogP contribution in [0.3, 0.4) is 0 Å². The average Bonchev–Trinajstić information content (AvgIpc) is 2.71. The van der Waals surface area contributed by atoms with Crippen LogP contribution in [0.15, 0.2) is 18.2 Å². The number of aryl methyl sites for hydroxylation is 1. The molecule has 2 rings (SSSR count). The van der Waals surface area contributed by atoms with Crippen molar-refractivity contribution in [3.63, 3.8) is 0 Å². The molecule has 0 saturated carbocycles. The molecule has 2 aromatic rings. The van der Waals surface area contributed by atoms with E-state index in [2.05, 4.69) is 33.1 Å². The Morgan fingerprint density at radius 1 is 1.28 bits per heavy atom. The Hall–Kier alpha value is -1.23. The van der Waals surface area contributed by atoms with Crippen LogP contribution in [0.2, 0.25) is 0 Å². The largest absolute Gasteiger partial charge is 0.310 e. The lowest BCUT2D eigenvalue weighted by Crippen LogP contribution is -2.04. The maximum atomic E-state index is 13.5. The zero-order chi connectivity index (χ0) is 13.1. The molecule has 1 heterocycles. The SMILES string of the molecule is CCCn1c(CBr)nnc1-c1cc(C)cc(F)c1. The van der Waals surface area contributed by atoms with Crippen LogP contribution in [-0.4, -0.2) is 14.8 Å². The molecule has 18 heavy (non-hydrogen) atoms. The van der Waals surface area contributed by atoms with Crippen LogP contribution < -0.4 is 0 Å². The van der Waals surface area contributed by atoms with E-state index < -0.39 is 0 Å². The molecule has 0 saturated heterocycles. The number of aromatic nitrogens is 3. The number of hydrogen-bond donors (Lipinski definition) is 0. The van der Waals surface area contributed by atoms with E-state index in [0.717, 1.165) is 35.7 Å². The maximum absolute atomic E-state index is 13.5. The van der Waals surface area contributed by atoms with E-state index >= 15 is 0 Å². The Kier molecular flexibility index (Phi) is 4.11. The second-order valence-electron chi connectivity index (χ2n) is 4.24. The molecule has 0 amide bonds. The van der Waals surface area contributed by atoms with Crippen molar-refractivity contribution in [2.24, 2.45) is 0 Å². The zero-order valence-electron chi connectivity index (χ0n) is 10.5. The van der Waals surface area contributed by atoms with E-state index in [1.54, 1.807) is 0 Å². The first-order valence-electron chi connectivity index (χ1n) is 5.91. The van der Waals surface area contributed by atoms with Crippen LogP contribution in [0.5, 0.6) is 0 Å². The molecule has 0 aliphatic heterocycles. The summed E-state index contributed by atoms with van der Waals surface area (Å²) < 4.78 is 15.5. The monoisotopic (exact) mass is 311 g/mol. The molecular formula is C13H15BrFN3. The van der Waals surface area contributed by atoms with E-state index in [0.29, 0.717) is 5.33 Å². The Labute approximate surface area is 114 Å². The fraction of sp³-hybridized carbons (Fsp3) is 0.385. The first-order valence-corrected chi connectivity index (χ1v) is 7.03. The maximum Gasteiger partial charge on any atom is 0.164 e. The molecule has 96 valence electrons. The van der Waals surface area contributed by atoms with Gasteiger partial charge in [-0.1, -0.05) is 22.9 Å². The van der Waals surface area contributed by atoms with E-state index in [4.69, 9.17) is 0 Å². The minimum atomic E-state index is -0.239. The van der Waals surface area contributed by atoms with Crippen molar-refractivity contribution in [3.8, 4) is 11.4 Å². The van der Waals surface area contributed by atoms with Gasteiger partial charge >= 0.3 is 0 Å². The number of rotatable bonds is 4. The molecule has 0 atom stereocenters. The molecule has 0 N–H and O–H groups in total. The van der Waals surface area contributed by atoms with Gasteiger partial charge in [0.1, 0.15) is 11.6 Å². The first kappa shape index (κ1) is 13.2. The Morgan fingerprint density at radius 2 is 2.06 bits per heavy atom. The lowest BCUT2D eigenvalue weighted by molar-refractivity contribution is 0.625. The topological polar surface area (TPSA) is 30.7 Å². The third-order valence-electron chi connectivity index (χ3n) is 2.69. The molecule has 3 nitrogen and oxygen atoms in total. The third kappa shape index (κ3) is 2.61. The van der Waals surface area contributed by atoms with Crippen LogP contribution in [0, 0.1) is 12.7 Å². The van der Waals surface area contributed by atoms with Crippen molar-refractivity contribution >= 4 is 15.9 Å². The minimum absolute atomic E-state index is 0.239. The van der Waals surface area contributed by atoms with Crippen molar-refractivity contribution < 1.29 is 4.39 Å². The molecule has 0 spiro atoms. The van der Waals surface area contributed by atoms with E-state index in [1.165, 1.54) is 12.1 Å². The summed E-state index contributed by atoms with van der Waals surface area (Å²) in [5.41, 5.74) is 1.66. The second kappa shape index (κ2) is 5.61. The van der Waals surface area contributed by atoms with Gasteiger partial charge in [0.05, 0.1) is 5.33 Å². The highest BCUT2D eigenvalue weighted by atomic mass is 79.9. The normalized spacial score (nSPS) is 10.9. The van der Waals surface area contributed by atoms with Crippen molar-refractivity contribution in [2.75, 3.05) is 0 Å². The van der Waals surface area contributed by atoms with E-state index in [1.807, 2.05) is 17.6 Å². The van der Waals surface area contributed by atoms with Gasteiger partial charge in [0, 0.05) is 12.1 Å². The molecular weight excluding hydrogens is 297 g/mol. The molecule has 1 aromatic carbocycles. The predicted octanol–water partition coefficient (Wildman–Crippen LogP) is 3.70. The summed E-state index contributed by atoms with van der Waals surface area (Å²) in [4.78, 5) is 0.